The average molecular weight is 192 g/mol. The number of hydrogen-bond donors (Lipinski definition) is 3. The van der Waals surface area contributed by atoms with E-state index >= 15 is 0 Å². The van der Waals surface area contributed by atoms with Crippen LogP contribution in [0.3, 0.4) is 0 Å². The van der Waals surface area contributed by atoms with E-state index in [4.69, 9.17) is 5.11 Å². The first-order valence-electron chi connectivity index (χ1n) is 3.41. The van der Waals surface area contributed by atoms with Crippen LogP contribution in [0.25, 0.3) is 0 Å². The van der Waals surface area contributed by atoms with Crippen molar-refractivity contribution in [1.29, 1.82) is 0 Å². The molecule has 0 atom stereocenters. The molecule has 0 aromatic heterocycles. The van der Waals surface area contributed by atoms with Crippen LogP contribution in [0.4, 0.5) is 0 Å². The van der Waals surface area contributed by atoms with E-state index < -0.39 is 0 Å². The number of rotatable bonds is 4. The molecule has 0 aromatic carbocycles. The van der Waals surface area contributed by atoms with Gasteiger partial charge < -0.3 is 5.11 Å². The molecule has 0 spiro atoms. The number of hydrazine groups is 1. The molecule has 6 heteroatoms. The van der Waals surface area contributed by atoms with Crippen molar-refractivity contribution in [2.24, 2.45) is 0 Å². The topological polar surface area (TPSA) is 78.4 Å². The van der Waals surface area contributed by atoms with Gasteiger partial charge in [0, 0.05) is 12.7 Å². The highest BCUT2D eigenvalue weighted by Gasteiger charge is 2.00. The van der Waals surface area contributed by atoms with Crippen LogP contribution in [0, 0.1) is 0 Å². The summed E-state index contributed by atoms with van der Waals surface area (Å²) >= 11 is 1.30. The molecule has 0 bridgehead atoms. The Hall–Kier alpha value is -0.750. The lowest BCUT2D eigenvalue weighted by Crippen LogP contribution is -2.41. The summed E-state index contributed by atoms with van der Waals surface area (Å²) in [4.78, 5) is 21.1. The van der Waals surface area contributed by atoms with E-state index in [1.807, 2.05) is 0 Å². The summed E-state index contributed by atoms with van der Waals surface area (Å²) in [6, 6.07) is 0. The molecule has 0 radical (unpaired) electrons. The zero-order valence-corrected chi connectivity index (χ0v) is 7.61. The minimum atomic E-state index is -0.310. The van der Waals surface area contributed by atoms with Crippen LogP contribution in [-0.4, -0.2) is 35.0 Å². The van der Waals surface area contributed by atoms with Crippen LogP contribution in [-0.2, 0) is 9.59 Å². The second-order valence-corrected chi connectivity index (χ2v) is 3.11. The third-order valence-corrected chi connectivity index (χ3v) is 1.78. The predicted octanol–water partition coefficient (Wildman–Crippen LogP) is -1.12. The summed E-state index contributed by atoms with van der Waals surface area (Å²) in [5.41, 5.74) is 4.36. The van der Waals surface area contributed by atoms with E-state index in [1.54, 1.807) is 0 Å². The SMILES string of the molecule is CC(=O)NNC(=O)CSCCO. The number of carbonyl (C=O) groups excluding carboxylic acids is 2. The van der Waals surface area contributed by atoms with Gasteiger partial charge in [-0.1, -0.05) is 0 Å². The molecule has 5 nitrogen and oxygen atoms in total. The normalized spacial score (nSPS) is 9.17. The Bertz CT molecular complexity index is 163. The third-order valence-electron chi connectivity index (χ3n) is 0.847. The van der Waals surface area contributed by atoms with E-state index in [2.05, 4.69) is 10.9 Å². The highest BCUT2D eigenvalue weighted by atomic mass is 32.2. The number of amides is 2. The zero-order chi connectivity index (χ0) is 9.40. The van der Waals surface area contributed by atoms with Crippen molar-refractivity contribution >= 4 is 23.6 Å². The van der Waals surface area contributed by atoms with E-state index in [0.29, 0.717) is 5.75 Å². The Labute approximate surface area is 74.9 Å². The molecule has 0 rings (SSSR count). The first kappa shape index (κ1) is 11.2. The highest BCUT2D eigenvalue weighted by molar-refractivity contribution is 7.99. The lowest BCUT2D eigenvalue weighted by Gasteiger charge is -2.03. The van der Waals surface area contributed by atoms with Crippen molar-refractivity contribution in [3.63, 3.8) is 0 Å². The van der Waals surface area contributed by atoms with Crippen LogP contribution in [0.1, 0.15) is 6.92 Å². The standard InChI is InChI=1S/C6H12N2O3S/c1-5(10)7-8-6(11)4-12-3-2-9/h9H,2-4H2,1H3,(H,7,10)(H,8,11). The molecule has 0 saturated carbocycles. The maximum atomic E-state index is 10.8. The van der Waals surface area contributed by atoms with E-state index in [9.17, 15) is 9.59 Å². The van der Waals surface area contributed by atoms with Gasteiger partial charge in [-0.05, 0) is 0 Å². The molecule has 3 N–H and O–H groups in total. The Morgan fingerprint density at radius 3 is 2.58 bits per heavy atom. The van der Waals surface area contributed by atoms with Gasteiger partial charge in [0.15, 0.2) is 0 Å². The van der Waals surface area contributed by atoms with Gasteiger partial charge in [-0.2, -0.15) is 0 Å². The molecule has 0 heterocycles. The maximum absolute atomic E-state index is 10.8. The molecule has 70 valence electrons. The Morgan fingerprint density at radius 2 is 2.08 bits per heavy atom. The lowest BCUT2D eigenvalue weighted by molar-refractivity contribution is -0.126. The largest absolute Gasteiger partial charge is 0.396 e. The van der Waals surface area contributed by atoms with Crippen LogP contribution >= 0.6 is 11.8 Å². The number of hydrogen-bond acceptors (Lipinski definition) is 4. The fourth-order valence-electron chi connectivity index (χ4n) is 0.423. The fraction of sp³-hybridized carbons (Fsp3) is 0.667. The van der Waals surface area contributed by atoms with Gasteiger partial charge in [0.25, 0.3) is 0 Å². The lowest BCUT2D eigenvalue weighted by atomic mass is 10.7. The summed E-state index contributed by atoms with van der Waals surface area (Å²) in [5.74, 6) is 0.174. The second-order valence-electron chi connectivity index (χ2n) is 2.01. The predicted molar refractivity (Wildman–Crippen MR) is 46.4 cm³/mol. The van der Waals surface area contributed by atoms with Gasteiger partial charge in [0.2, 0.25) is 11.8 Å². The average Bonchev–Trinajstić information content (AvgIpc) is 2.01. The minimum Gasteiger partial charge on any atom is -0.396 e. The van der Waals surface area contributed by atoms with Gasteiger partial charge in [0.1, 0.15) is 0 Å². The summed E-state index contributed by atoms with van der Waals surface area (Å²) < 4.78 is 0. The molecule has 12 heavy (non-hydrogen) atoms. The maximum Gasteiger partial charge on any atom is 0.248 e. The summed E-state index contributed by atoms with van der Waals surface area (Å²) in [7, 11) is 0. The van der Waals surface area contributed by atoms with Crippen LogP contribution in [0.15, 0.2) is 0 Å². The van der Waals surface area contributed by atoms with Crippen molar-refractivity contribution in [2.45, 2.75) is 6.92 Å². The molecule has 0 aliphatic heterocycles. The molecule has 0 saturated heterocycles. The Morgan fingerprint density at radius 1 is 1.42 bits per heavy atom. The monoisotopic (exact) mass is 192 g/mol. The zero-order valence-electron chi connectivity index (χ0n) is 6.79. The molecule has 0 aliphatic carbocycles. The minimum absolute atomic E-state index is 0.0537. The van der Waals surface area contributed by atoms with Crippen molar-refractivity contribution in [3.05, 3.63) is 0 Å². The molecule has 2 amide bonds. The van der Waals surface area contributed by atoms with E-state index in [-0.39, 0.29) is 24.2 Å². The van der Waals surface area contributed by atoms with E-state index in [1.165, 1.54) is 18.7 Å². The number of carbonyl (C=O) groups is 2. The van der Waals surface area contributed by atoms with Crippen molar-refractivity contribution in [2.75, 3.05) is 18.1 Å². The van der Waals surface area contributed by atoms with Gasteiger partial charge in [0.05, 0.1) is 12.4 Å². The van der Waals surface area contributed by atoms with Crippen molar-refractivity contribution in [1.82, 2.24) is 10.9 Å². The molecule has 0 aromatic rings. The number of thioether (sulfide) groups is 1. The highest BCUT2D eigenvalue weighted by Crippen LogP contribution is 1.96. The van der Waals surface area contributed by atoms with Gasteiger partial charge in [-0.3, -0.25) is 20.4 Å². The Kier molecular flexibility index (Phi) is 6.50. The second kappa shape index (κ2) is 6.93. The van der Waals surface area contributed by atoms with E-state index in [0.717, 1.165) is 0 Å². The van der Waals surface area contributed by atoms with Crippen LogP contribution in [0.2, 0.25) is 0 Å². The smallest absolute Gasteiger partial charge is 0.248 e. The fourth-order valence-corrected chi connectivity index (χ4v) is 0.954. The summed E-state index contributed by atoms with van der Waals surface area (Å²) in [5, 5.41) is 8.37. The van der Waals surface area contributed by atoms with Gasteiger partial charge in [-0.15, -0.1) is 11.8 Å². The molecule has 0 aliphatic rings. The van der Waals surface area contributed by atoms with Crippen molar-refractivity contribution in [3.8, 4) is 0 Å². The number of nitrogens with one attached hydrogen (secondary N) is 2. The molecular weight excluding hydrogens is 180 g/mol. The third kappa shape index (κ3) is 7.36. The van der Waals surface area contributed by atoms with Crippen molar-refractivity contribution < 1.29 is 14.7 Å². The molecular formula is C6H12N2O3S. The first-order valence-corrected chi connectivity index (χ1v) is 4.56. The number of aliphatic hydroxyl groups is 1. The Balaban J connectivity index is 3.28. The summed E-state index contributed by atoms with van der Waals surface area (Å²) in [6.45, 7) is 1.36. The van der Waals surface area contributed by atoms with Gasteiger partial charge >= 0.3 is 0 Å². The van der Waals surface area contributed by atoms with Crippen LogP contribution < -0.4 is 10.9 Å². The molecule has 0 unspecified atom stereocenters. The molecule has 0 fully saturated rings. The quantitative estimate of drug-likeness (QED) is 0.389. The number of aliphatic hydroxyl groups excluding tert-OH is 1. The first-order chi connectivity index (χ1) is 5.66. The van der Waals surface area contributed by atoms with Gasteiger partial charge in [-0.25, -0.2) is 0 Å². The van der Waals surface area contributed by atoms with Crippen LogP contribution in [0.5, 0.6) is 0 Å². The summed E-state index contributed by atoms with van der Waals surface area (Å²) in [6.07, 6.45) is 0.